The van der Waals surface area contributed by atoms with Gasteiger partial charge in [-0.2, -0.15) is 0 Å². The van der Waals surface area contributed by atoms with Crippen LogP contribution in [0.2, 0.25) is 0 Å². The van der Waals surface area contributed by atoms with Crippen molar-refractivity contribution < 1.29 is 0 Å². The lowest BCUT2D eigenvalue weighted by Crippen LogP contribution is -2.53. The number of hydrogen-bond donors (Lipinski definition) is 0. The van der Waals surface area contributed by atoms with E-state index in [9.17, 15) is 0 Å². The lowest BCUT2D eigenvalue weighted by Gasteiger charge is -2.61. The summed E-state index contributed by atoms with van der Waals surface area (Å²) in [6.07, 6.45) is 18.3. The smallest absolute Gasteiger partial charge is 0.0264 e. The van der Waals surface area contributed by atoms with Gasteiger partial charge in [-0.25, -0.2) is 0 Å². The Labute approximate surface area is 177 Å². The topological polar surface area (TPSA) is 0 Å². The molecule has 0 aliphatic heterocycles. The fraction of sp³-hybridized carbons (Fsp3) is 1.00. The van der Waals surface area contributed by atoms with Crippen molar-refractivity contribution >= 4 is 0 Å². The predicted molar refractivity (Wildman–Crippen MR) is 122 cm³/mol. The SMILES string of the molecule is CC(C)CCC[C@H](C)C1CC[C@H]2[C@@H]3CC[C@H]4C[C@H](C)CC[C@]4(C)[C@H]3CC[C@]12C. The van der Waals surface area contributed by atoms with Gasteiger partial charge in [0.25, 0.3) is 0 Å². The molecule has 1 unspecified atom stereocenters. The van der Waals surface area contributed by atoms with Crippen LogP contribution in [0.15, 0.2) is 0 Å². The molecular formula is C28H50. The van der Waals surface area contributed by atoms with Gasteiger partial charge >= 0.3 is 0 Å². The standard InChI is InChI=1S/C28H50/c1-19(2)8-7-9-21(4)24-12-13-25-23-11-10-22-18-20(3)14-16-27(22,5)26(23)15-17-28(24,25)6/h19-26H,7-18H2,1-6H3/t20-,21+,22+,23+,24?,25+,26+,27+,28-/m1/s1. The highest BCUT2D eigenvalue weighted by Crippen LogP contribution is 2.68. The second-order valence-electron chi connectivity index (χ2n) is 13.1. The van der Waals surface area contributed by atoms with Gasteiger partial charge in [-0.1, -0.05) is 67.2 Å². The lowest BCUT2D eigenvalue weighted by molar-refractivity contribution is -0.120. The molecule has 9 atom stereocenters. The fourth-order valence-electron chi connectivity index (χ4n) is 9.50. The molecule has 0 bridgehead atoms. The van der Waals surface area contributed by atoms with Crippen molar-refractivity contribution in [3.05, 3.63) is 0 Å². The summed E-state index contributed by atoms with van der Waals surface area (Å²) >= 11 is 0. The molecule has 0 spiro atoms. The largest absolute Gasteiger partial charge is 0.0628 e. The fourth-order valence-corrected chi connectivity index (χ4v) is 9.50. The van der Waals surface area contributed by atoms with Crippen molar-refractivity contribution in [3.8, 4) is 0 Å². The normalized spacial score (nSPS) is 49.4. The maximum Gasteiger partial charge on any atom is -0.0264 e. The molecule has 0 radical (unpaired) electrons. The minimum absolute atomic E-state index is 0.670. The molecule has 0 amide bonds. The molecule has 4 saturated carbocycles. The molecule has 4 rings (SSSR count). The van der Waals surface area contributed by atoms with Gasteiger partial charge in [-0.05, 0) is 110 Å². The first-order valence-electron chi connectivity index (χ1n) is 13.3. The van der Waals surface area contributed by atoms with Crippen LogP contribution in [0.25, 0.3) is 0 Å². The number of rotatable bonds is 5. The van der Waals surface area contributed by atoms with Crippen molar-refractivity contribution in [2.24, 2.45) is 58.2 Å². The molecule has 4 aliphatic carbocycles. The predicted octanol–water partition coefficient (Wildman–Crippen LogP) is 8.74. The molecule has 4 aliphatic rings. The number of fused-ring (bicyclic) bond motifs is 5. The van der Waals surface area contributed by atoms with E-state index < -0.39 is 0 Å². The monoisotopic (exact) mass is 386 g/mol. The maximum absolute atomic E-state index is 2.75. The first kappa shape index (κ1) is 21.2. The Bertz CT molecular complexity index is 534. The summed E-state index contributed by atoms with van der Waals surface area (Å²) in [5, 5.41) is 0. The van der Waals surface area contributed by atoms with Gasteiger partial charge in [0.15, 0.2) is 0 Å². The van der Waals surface area contributed by atoms with Crippen molar-refractivity contribution in [2.75, 3.05) is 0 Å². The van der Waals surface area contributed by atoms with E-state index in [1.165, 1.54) is 32.1 Å². The van der Waals surface area contributed by atoms with Crippen LogP contribution in [-0.2, 0) is 0 Å². The Morgan fingerprint density at radius 1 is 0.786 bits per heavy atom. The van der Waals surface area contributed by atoms with Crippen molar-refractivity contribution in [1.82, 2.24) is 0 Å². The van der Waals surface area contributed by atoms with E-state index in [-0.39, 0.29) is 0 Å². The third-order valence-corrected chi connectivity index (χ3v) is 11.1. The molecule has 0 N–H and O–H groups in total. The maximum atomic E-state index is 2.75. The van der Waals surface area contributed by atoms with Crippen LogP contribution >= 0.6 is 0 Å². The Morgan fingerprint density at radius 2 is 1.50 bits per heavy atom. The summed E-state index contributed by atoms with van der Waals surface area (Å²) < 4.78 is 0. The van der Waals surface area contributed by atoms with E-state index in [0.717, 1.165) is 47.3 Å². The van der Waals surface area contributed by atoms with Gasteiger partial charge in [0, 0.05) is 0 Å². The average molecular weight is 387 g/mol. The van der Waals surface area contributed by atoms with Gasteiger partial charge in [0.1, 0.15) is 0 Å². The van der Waals surface area contributed by atoms with Gasteiger partial charge in [0.05, 0.1) is 0 Å². The van der Waals surface area contributed by atoms with E-state index in [1.54, 1.807) is 44.9 Å². The second-order valence-corrected chi connectivity index (χ2v) is 13.1. The Balaban J connectivity index is 1.46. The van der Waals surface area contributed by atoms with Crippen LogP contribution < -0.4 is 0 Å². The van der Waals surface area contributed by atoms with Gasteiger partial charge in [-0.3, -0.25) is 0 Å². The van der Waals surface area contributed by atoms with Gasteiger partial charge in [-0.15, -0.1) is 0 Å². The third-order valence-electron chi connectivity index (χ3n) is 11.1. The third kappa shape index (κ3) is 3.51. The minimum atomic E-state index is 0.670. The highest BCUT2D eigenvalue weighted by Gasteiger charge is 2.60. The average Bonchev–Trinajstić information content (AvgIpc) is 2.99. The zero-order valence-corrected chi connectivity index (χ0v) is 20.1. The highest BCUT2D eigenvalue weighted by molar-refractivity contribution is 5.09. The first-order chi connectivity index (χ1) is 13.3. The Hall–Kier alpha value is 0. The van der Waals surface area contributed by atoms with Crippen LogP contribution in [-0.4, -0.2) is 0 Å². The zero-order valence-electron chi connectivity index (χ0n) is 20.1. The molecule has 0 saturated heterocycles. The Morgan fingerprint density at radius 3 is 2.25 bits per heavy atom. The lowest BCUT2D eigenvalue weighted by atomic mass is 9.44. The molecule has 0 heterocycles. The van der Waals surface area contributed by atoms with Gasteiger partial charge in [0.2, 0.25) is 0 Å². The van der Waals surface area contributed by atoms with E-state index in [0.29, 0.717) is 10.8 Å². The summed E-state index contributed by atoms with van der Waals surface area (Å²) in [4.78, 5) is 0. The van der Waals surface area contributed by atoms with E-state index in [1.807, 2.05) is 0 Å². The summed E-state index contributed by atoms with van der Waals surface area (Å²) in [6.45, 7) is 15.4. The zero-order chi connectivity index (χ0) is 20.1. The second kappa shape index (κ2) is 7.92. The van der Waals surface area contributed by atoms with Crippen LogP contribution in [0.3, 0.4) is 0 Å². The minimum Gasteiger partial charge on any atom is -0.0628 e. The van der Waals surface area contributed by atoms with Crippen molar-refractivity contribution in [1.29, 1.82) is 0 Å². The Kier molecular flexibility index (Phi) is 6.01. The van der Waals surface area contributed by atoms with E-state index in [2.05, 4.69) is 41.5 Å². The summed E-state index contributed by atoms with van der Waals surface area (Å²) in [5.74, 6) is 8.08. The van der Waals surface area contributed by atoms with E-state index in [4.69, 9.17) is 0 Å². The van der Waals surface area contributed by atoms with Crippen LogP contribution in [0.4, 0.5) is 0 Å². The van der Waals surface area contributed by atoms with Gasteiger partial charge < -0.3 is 0 Å². The molecular weight excluding hydrogens is 336 g/mol. The summed E-state index contributed by atoms with van der Waals surface area (Å²) in [7, 11) is 0. The molecule has 0 heteroatoms. The summed E-state index contributed by atoms with van der Waals surface area (Å²) in [6, 6.07) is 0. The highest BCUT2D eigenvalue weighted by atomic mass is 14.6. The summed E-state index contributed by atoms with van der Waals surface area (Å²) in [5.41, 5.74) is 1.36. The quantitative estimate of drug-likeness (QED) is 0.443. The first-order valence-corrected chi connectivity index (χ1v) is 13.3. The van der Waals surface area contributed by atoms with E-state index >= 15 is 0 Å². The molecule has 0 aromatic rings. The van der Waals surface area contributed by atoms with Crippen LogP contribution in [0.1, 0.15) is 119 Å². The molecule has 28 heavy (non-hydrogen) atoms. The molecule has 0 nitrogen and oxygen atoms in total. The molecule has 0 aromatic heterocycles. The van der Waals surface area contributed by atoms with Crippen LogP contribution in [0.5, 0.6) is 0 Å². The van der Waals surface area contributed by atoms with Crippen LogP contribution in [0, 0.1) is 58.2 Å². The number of hydrogen-bond acceptors (Lipinski definition) is 0. The van der Waals surface area contributed by atoms with Crippen molar-refractivity contribution in [3.63, 3.8) is 0 Å². The molecule has 162 valence electrons. The van der Waals surface area contributed by atoms with Crippen molar-refractivity contribution in [2.45, 2.75) is 119 Å². The molecule has 4 fully saturated rings. The molecule has 0 aromatic carbocycles.